The molecule has 1 amide bonds. The molecule has 8 nitrogen and oxygen atoms in total. The minimum Gasteiger partial charge on any atom is -0.387 e. The first-order valence-corrected chi connectivity index (χ1v) is 34.0. The highest BCUT2D eigenvalue weighted by atomic mass is 31.2. The summed E-state index contributed by atoms with van der Waals surface area (Å²) in [7, 11) is 1.55. The minimum atomic E-state index is -4.36. The molecule has 448 valence electrons. The topological polar surface area (TPSA) is 105 Å². The van der Waals surface area contributed by atoms with Gasteiger partial charge in [-0.1, -0.05) is 285 Å². The zero-order valence-electron chi connectivity index (χ0n) is 51.2. The van der Waals surface area contributed by atoms with Crippen LogP contribution in [-0.2, 0) is 18.4 Å². The molecule has 0 heterocycles. The smallest absolute Gasteiger partial charge is 0.387 e. The molecule has 9 heteroatoms. The van der Waals surface area contributed by atoms with E-state index in [1.807, 2.05) is 27.2 Å². The van der Waals surface area contributed by atoms with Crippen LogP contribution in [0.4, 0.5) is 0 Å². The van der Waals surface area contributed by atoms with Crippen molar-refractivity contribution in [3.63, 3.8) is 0 Å². The molecule has 0 spiro atoms. The number of carbonyl (C=O) groups excluding carboxylic acids is 1. The number of phosphoric ester groups is 1. The van der Waals surface area contributed by atoms with Crippen LogP contribution in [0.2, 0.25) is 0 Å². The van der Waals surface area contributed by atoms with Crippen LogP contribution in [-0.4, -0.2) is 73.4 Å². The van der Waals surface area contributed by atoms with Crippen molar-refractivity contribution in [1.82, 2.24) is 5.32 Å². The first-order valence-electron chi connectivity index (χ1n) is 32.5. The maximum absolute atomic E-state index is 13.0. The van der Waals surface area contributed by atoms with Gasteiger partial charge in [0.25, 0.3) is 0 Å². The normalized spacial score (nSPS) is 14.3. The Hall–Kier alpha value is -2.32. The standard InChI is InChI=1S/C68H125N2O6P/c1-6-8-10-12-14-16-18-20-22-24-26-28-29-30-31-32-33-34-35-36-37-38-39-40-41-42-44-46-48-50-52-54-56-58-60-62-68(72)69-66(65-76-77(73,74)75-64-63-70(3,4)5)67(71)61-59-57-55-53-51-49-47-45-43-27-25-23-21-19-17-15-13-11-9-7-2/h8,10,14,16,20,22,26,28,43,45,51,53,59,61,66-67,71H,6-7,9,11-13,15,17-19,21,23-25,27,29-42,44,46-50,52,54-58,60,62-65H2,1-5H3,(H-,69,72,73,74)/p+1/b10-8-,16-14-,22-20-,28-26-,45-43+,53-51+,61-59+. The third-order valence-electron chi connectivity index (χ3n) is 14.3. The Balaban J connectivity index is 4.07. The number of aliphatic hydroxyl groups excluding tert-OH is 1. The lowest BCUT2D eigenvalue weighted by Crippen LogP contribution is -2.45. The second kappa shape index (κ2) is 58.3. The fraction of sp³-hybridized carbons (Fsp3) is 0.779. The number of nitrogens with one attached hydrogen (secondary N) is 1. The Kier molecular flexibility index (Phi) is 56.6. The number of hydrogen-bond donors (Lipinski definition) is 3. The highest BCUT2D eigenvalue weighted by Crippen LogP contribution is 2.43. The summed E-state index contributed by atoms with van der Waals surface area (Å²) >= 11 is 0. The first-order chi connectivity index (χ1) is 37.5. The van der Waals surface area contributed by atoms with Crippen LogP contribution in [0, 0.1) is 0 Å². The Bertz CT molecular complexity index is 1530. The maximum atomic E-state index is 13.0. The van der Waals surface area contributed by atoms with Gasteiger partial charge in [-0.15, -0.1) is 0 Å². The molecule has 77 heavy (non-hydrogen) atoms. The lowest BCUT2D eigenvalue weighted by atomic mass is 10.0. The van der Waals surface area contributed by atoms with Crippen LogP contribution >= 0.6 is 7.82 Å². The van der Waals surface area contributed by atoms with Gasteiger partial charge in [0.1, 0.15) is 13.2 Å². The van der Waals surface area contributed by atoms with E-state index in [0.29, 0.717) is 17.4 Å². The third-order valence-corrected chi connectivity index (χ3v) is 15.3. The van der Waals surface area contributed by atoms with E-state index in [0.717, 1.165) is 70.6 Å². The quantitative estimate of drug-likeness (QED) is 0.0243. The van der Waals surface area contributed by atoms with Gasteiger partial charge >= 0.3 is 7.82 Å². The van der Waals surface area contributed by atoms with Gasteiger partial charge in [-0.2, -0.15) is 0 Å². The summed E-state index contributed by atoms with van der Waals surface area (Å²) in [6, 6.07) is -0.872. The molecule has 0 aromatic rings. The van der Waals surface area contributed by atoms with Gasteiger partial charge in [0.15, 0.2) is 0 Å². The third kappa shape index (κ3) is 61.2. The number of carbonyl (C=O) groups is 1. The second-order valence-electron chi connectivity index (χ2n) is 23.1. The van der Waals surface area contributed by atoms with Crippen molar-refractivity contribution < 1.29 is 32.9 Å². The number of nitrogens with zero attached hydrogens (tertiary/aromatic N) is 1. The number of rotatable bonds is 59. The van der Waals surface area contributed by atoms with Gasteiger partial charge in [-0.25, -0.2) is 4.57 Å². The number of hydrogen-bond acceptors (Lipinski definition) is 5. The van der Waals surface area contributed by atoms with E-state index in [9.17, 15) is 19.4 Å². The van der Waals surface area contributed by atoms with E-state index >= 15 is 0 Å². The van der Waals surface area contributed by atoms with E-state index in [-0.39, 0.29) is 19.1 Å². The molecule has 0 saturated carbocycles. The summed E-state index contributed by atoms with van der Waals surface area (Å²) in [4.78, 5) is 23.4. The monoisotopic (exact) mass is 1100 g/mol. The number of phosphoric acid groups is 1. The number of aliphatic hydroxyl groups is 1. The fourth-order valence-electron chi connectivity index (χ4n) is 9.30. The van der Waals surface area contributed by atoms with E-state index < -0.39 is 20.0 Å². The van der Waals surface area contributed by atoms with Crippen LogP contribution in [0.5, 0.6) is 0 Å². The lowest BCUT2D eigenvalue weighted by molar-refractivity contribution is -0.870. The van der Waals surface area contributed by atoms with Crippen molar-refractivity contribution in [2.75, 3.05) is 40.9 Å². The molecule has 0 aromatic heterocycles. The lowest BCUT2D eigenvalue weighted by Gasteiger charge is -2.25. The Morgan fingerprint density at radius 2 is 0.792 bits per heavy atom. The number of quaternary nitrogens is 1. The largest absolute Gasteiger partial charge is 0.472 e. The molecule has 0 saturated heterocycles. The van der Waals surface area contributed by atoms with Crippen molar-refractivity contribution in [3.8, 4) is 0 Å². The molecule has 3 N–H and O–H groups in total. The maximum Gasteiger partial charge on any atom is 0.472 e. The summed E-state index contributed by atoms with van der Waals surface area (Å²) in [6.45, 7) is 4.70. The van der Waals surface area contributed by atoms with Gasteiger partial charge in [-0.05, 0) is 83.5 Å². The summed E-state index contributed by atoms with van der Waals surface area (Å²) in [5.74, 6) is -0.188. The molecule has 0 rings (SSSR count). The van der Waals surface area contributed by atoms with Gasteiger partial charge in [0.2, 0.25) is 5.91 Å². The summed E-state index contributed by atoms with van der Waals surface area (Å²) in [6.07, 6.45) is 82.9. The molecule has 0 aliphatic rings. The van der Waals surface area contributed by atoms with Crippen LogP contribution < -0.4 is 5.32 Å². The first kappa shape index (κ1) is 74.7. The molecule has 3 unspecified atom stereocenters. The predicted octanol–water partition coefficient (Wildman–Crippen LogP) is 20.4. The summed E-state index contributed by atoms with van der Waals surface area (Å²) in [5.41, 5.74) is 0. The number of amides is 1. The molecule has 3 atom stereocenters. The molecule has 0 aliphatic heterocycles. The van der Waals surface area contributed by atoms with Crippen molar-refractivity contribution in [1.29, 1.82) is 0 Å². The summed E-state index contributed by atoms with van der Waals surface area (Å²) < 4.78 is 23.7. The van der Waals surface area contributed by atoms with Crippen LogP contribution in [0.25, 0.3) is 0 Å². The number of allylic oxidation sites excluding steroid dienone is 13. The summed E-state index contributed by atoms with van der Waals surface area (Å²) in [5, 5.41) is 13.9. The van der Waals surface area contributed by atoms with Crippen molar-refractivity contribution in [2.24, 2.45) is 0 Å². The van der Waals surface area contributed by atoms with Gasteiger partial charge in [0.05, 0.1) is 39.9 Å². The molecule has 0 bridgehead atoms. The van der Waals surface area contributed by atoms with Gasteiger partial charge in [-0.3, -0.25) is 13.8 Å². The number of unbranched alkanes of at least 4 members (excludes halogenated alkanes) is 34. The Labute approximate surface area is 477 Å². The highest BCUT2D eigenvalue weighted by molar-refractivity contribution is 7.47. The van der Waals surface area contributed by atoms with Crippen molar-refractivity contribution in [2.45, 2.75) is 302 Å². The van der Waals surface area contributed by atoms with E-state index in [4.69, 9.17) is 9.05 Å². The zero-order valence-corrected chi connectivity index (χ0v) is 52.1. The molecule has 0 radical (unpaired) electrons. The fourth-order valence-corrected chi connectivity index (χ4v) is 10.0. The number of likely N-dealkylation sites (N-methyl/N-ethyl adjacent to an activating group) is 1. The van der Waals surface area contributed by atoms with Crippen molar-refractivity contribution in [3.05, 3.63) is 85.1 Å². The van der Waals surface area contributed by atoms with E-state index in [2.05, 4.69) is 92.1 Å². The SMILES string of the molecule is CC/C=C\C/C=C\C/C=C\C/C=C\CCCCCCCCCCCCCCCCCCCCCCCCC(=O)NC(COP(=O)(O)OCC[N+](C)(C)C)C(O)/C=C/CC/C=C/CC/C=C/CCCCCCCCCCCC. The minimum absolute atomic E-state index is 0.0524. The molecule has 0 aromatic carbocycles. The van der Waals surface area contributed by atoms with Crippen LogP contribution in [0.3, 0.4) is 0 Å². The van der Waals surface area contributed by atoms with E-state index in [1.165, 1.54) is 199 Å². The van der Waals surface area contributed by atoms with Gasteiger partial charge < -0.3 is 19.8 Å². The second-order valence-corrected chi connectivity index (χ2v) is 24.5. The molecular weight excluding hydrogens is 972 g/mol. The van der Waals surface area contributed by atoms with Crippen LogP contribution in [0.15, 0.2) is 85.1 Å². The van der Waals surface area contributed by atoms with Crippen LogP contribution in [0.1, 0.15) is 290 Å². The zero-order chi connectivity index (χ0) is 56.3. The molecule has 0 fully saturated rings. The highest BCUT2D eigenvalue weighted by Gasteiger charge is 2.27. The average molecular weight is 1100 g/mol. The predicted molar refractivity (Wildman–Crippen MR) is 336 cm³/mol. The Morgan fingerprint density at radius 3 is 1.19 bits per heavy atom. The Morgan fingerprint density at radius 1 is 0.455 bits per heavy atom. The van der Waals surface area contributed by atoms with Crippen molar-refractivity contribution >= 4 is 13.7 Å². The molecular formula is C68H126N2O6P+. The average Bonchev–Trinajstić information content (AvgIpc) is 3.39. The molecule has 0 aliphatic carbocycles. The van der Waals surface area contributed by atoms with E-state index in [1.54, 1.807) is 6.08 Å². The van der Waals surface area contributed by atoms with Gasteiger partial charge in [0, 0.05) is 6.42 Å².